The number of hydrogen-bond donors (Lipinski definition) is 1. The van der Waals surface area contributed by atoms with Crippen molar-refractivity contribution in [1.29, 1.82) is 0 Å². The largest absolute Gasteiger partial charge is 0.368 e. The average molecular weight is 266 g/mol. The number of likely N-dealkylation sites (tertiary alicyclic amines) is 1. The van der Waals surface area contributed by atoms with E-state index in [1.165, 1.54) is 25.7 Å². The molecule has 4 nitrogen and oxygen atoms in total. The second-order valence-electron chi connectivity index (χ2n) is 6.13. The Hall–Kier alpha value is -1.06. The minimum Gasteiger partial charge on any atom is -0.368 e. The van der Waals surface area contributed by atoms with Gasteiger partial charge in [-0.3, -0.25) is 9.59 Å². The van der Waals surface area contributed by atoms with Crippen LogP contribution in [0.5, 0.6) is 0 Å². The van der Waals surface area contributed by atoms with Crippen LogP contribution in [0.1, 0.15) is 58.3 Å². The van der Waals surface area contributed by atoms with Gasteiger partial charge in [-0.15, -0.1) is 0 Å². The fourth-order valence-corrected chi connectivity index (χ4v) is 3.13. The zero-order chi connectivity index (χ0) is 13.8. The first-order valence-corrected chi connectivity index (χ1v) is 7.70. The number of primary amides is 1. The van der Waals surface area contributed by atoms with E-state index in [4.69, 9.17) is 5.73 Å². The number of rotatable bonds is 6. The molecule has 1 saturated heterocycles. The van der Waals surface area contributed by atoms with Crippen LogP contribution in [0.15, 0.2) is 0 Å². The molecule has 0 aromatic rings. The predicted molar refractivity (Wildman–Crippen MR) is 74.3 cm³/mol. The quantitative estimate of drug-likeness (QED) is 0.800. The van der Waals surface area contributed by atoms with Crippen molar-refractivity contribution in [3.05, 3.63) is 0 Å². The lowest BCUT2D eigenvalue weighted by atomic mass is 9.94. The Bertz CT molecular complexity index is 339. The molecule has 2 N–H and O–H groups in total. The van der Waals surface area contributed by atoms with Gasteiger partial charge in [0, 0.05) is 13.0 Å². The summed E-state index contributed by atoms with van der Waals surface area (Å²) in [7, 11) is 0. The lowest BCUT2D eigenvalue weighted by Crippen LogP contribution is -2.47. The van der Waals surface area contributed by atoms with Crippen molar-refractivity contribution in [2.24, 2.45) is 17.6 Å². The van der Waals surface area contributed by atoms with E-state index < -0.39 is 6.04 Å². The van der Waals surface area contributed by atoms with Gasteiger partial charge in [-0.1, -0.05) is 32.6 Å². The summed E-state index contributed by atoms with van der Waals surface area (Å²) in [6.07, 6.45) is 8.59. The minimum absolute atomic E-state index is 0.111. The summed E-state index contributed by atoms with van der Waals surface area (Å²) >= 11 is 0. The molecule has 0 aromatic heterocycles. The number of nitrogens with two attached hydrogens (primary N) is 1. The highest BCUT2D eigenvalue weighted by atomic mass is 16.2. The van der Waals surface area contributed by atoms with Gasteiger partial charge < -0.3 is 10.6 Å². The lowest BCUT2D eigenvalue weighted by molar-refractivity contribution is -0.139. The first kappa shape index (κ1) is 14.4. The van der Waals surface area contributed by atoms with Crippen molar-refractivity contribution >= 4 is 11.8 Å². The van der Waals surface area contributed by atoms with Gasteiger partial charge in [-0.25, -0.2) is 0 Å². The van der Waals surface area contributed by atoms with E-state index in [1.54, 1.807) is 4.90 Å². The fraction of sp³-hybridized carbons (Fsp3) is 0.867. The third-order valence-electron chi connectivity index (χ3n) is 4.64. The Labute approximate surface area is 115 Å². The molecule has 2 rings (SSSR count). The third kappa shape index (κ3) is 3.95. The highest BCUT2D eigenvalue weighted by Gasteiger charge is 2.30. The van der Waals surface area contributed by atoms with E-state index in [1.807, 2.05) is 6.92 Å². The Morgan fingerprint density at radius 1 is 1.26 bits per heavy atom. The second kappa shape index (κ2) is 6.40. The molecule has 2 aliphatic rings. The van der Waals surface area contributed by atoms with Gasteiger partial charge in [0.15, 0.2) is 0 Å². The maximum Gasteiger partial charge on any atom is 0.240 e. The summed E-state index contributed by atoms with van der Waals surface area (Å²) in [6, 6.07) is -0.408. The van der Waals surface area contributed by atoms with Crippen LogP contribution in [0.4, 0.5) is 0 Å². The van der Waals surface area contributed by atoms with Crippen molar-refractivity contribution in [3.63, 3.8) is 0 Å². The van der Waals surface area contributed by atoms with E-state index in [0.717, 1.165) is 18.8 Å². The minimum atomic E-state index is -0.408. The van der Waals surface area contributed by atoms with E-state index >= 15 is 0 Å². The van der Waals surface area contributed by atoms with E-state index in [-0.39, 0.29) is 11.8 Å². The maximum absolute atomic E-state index is 12.1. The lowest BCUT2D eigenvalue weighted by Gasteiger charge is -2.27. The van der Waals surface area contributed by atoms with Crippen molar-refractivity contribution in [1.82, 2.24) is 4.90 Å². The number of carbonyl (C=O) groups excluding carboxylic acids is 2. The number of hydrogen-bond acceptors (Lipinski definition) is 2. The van der Waals surface area contributed by atoms with E-state index in [0.29, 0.717) is 25.3 Å². The van der Waals surface area contributed by atoms with Gasteiger partial charge in [-0.05, 0) is 31.1 Å². The highest BCUT2D eigenvalue weighted by molar-refractivity contribution is 5.86. The first-order chi connectivity index (χ1) is 9.11. The molecule has 2 fully saturated rings. The van der Waals surface area contributed by atoms with Crippen LogP contribution in [0.25, 0.3) is 0 Å². The number of carbonyl (C=O) groups is 2. The number of nitrogens with zero attached hydrogens (tertiary/aromatic N) is 1. The van der Waals surface area contributed by atoms with Crippen LogP contribution >= 0.6 is 0 Å². The molecule has 0 radical (unpaired) electrons. The Morgan fingerprint density at radius 3 is 2.42 bits per heavy atom. The molecule has 19 heavy (non-hydrogen) atoms. The van der Waals surface area contributed by atoms with Crippen LogP contribution in [-0.4, -0.2) is 29.3 Å². The second-order valence-corrected chi connectivity index (χ2v) is 6.13. The zero-order valence-corrected chi connectivity index (χ0v) is 11.9. The van der Waals surface area contributed by atoms with Crippen molar-refractivity contribution in [2.75, 3.05) is 6.54 Å². The Kier molecular flexibility index (Phi) is 4.83. The molecule has 1 aliphatic carbocycles. The van der Waals surface area contributed by atoms with Gasteiger partial charge in [0.1, 0.15) is 6.04 Å². The summed E-state index contributed by atoms with van der Waals surface area (Å²) in [5.74, 6) is 1.36. The SMILES string of the molecule is CCC(C(N)=O)N1CCC(CCC2CC2)CCC1=O. The van der Waals surface area contributed by atoms with E-state index in [2.05, 4.69) is 0 Å². The molecule has 2 unspecified atom stereocenters. The fourth-order valence-electron chi connectivity index (χ4n) is 3.13. The Morgan fingerprint density at radius 2 is 1.89 bits per heavy atom. The zero-order valence-electron chi connectivity index (χ0n) is 11.9. The maximum atomic E-state index is 12.1. The smallest absolute Gasteiger partial charge is 0.240 e. The standard InChI is InChI=1S/C15H26N2O2/c1-2-13(15(16)19)17-10-9-12(7-8-14(17)18)6-5-11-3-4-11/h11-13H,2-10H2,1H3,(H2,16,19). The summed E-state index contributed by atoms with van der Waals surface area (Å²) in [5.41, 5.74) is 5.40. The van der Waals surface area contributed by atoms with Crippen LogP contribution in [0, 0.1) is 11.8 Å². The molecule has 0 bridgehead atoms. The monoisotopic (exact) mass is 266 g/mol. The summed E-state index contributed by atoms with van der Waals surface area (Å²) in [5, 5.41) is 0. The highest BCUT2D eigenvalue weighted by Crippen LogP contribution is 2.36. The summed E-state index contributed by atoms with van der Waals surface area (Å²) < 4.78 is 0. The summed E-state index contributed by atoms with van der Waals surface area (Å²) in [6.45, 7) is 2.62. The van der Waals surface area contributed by atoms with Gasteiger partial charge in [0.25, 0.3) is 0 Å². The summed E-state index contributed by atoms with van der Waals surface area (Å²) in [4.78, 5) is 25.3. The molecule has 2 atom stereocenters. The van der Waals surface area contributed by atoms with Gasteiger partial charge in [0.05, 0.1) is 0 Å². The van der Waals surface area contributed by atoms with Gasteiger partial charge >= 0.3 is 0 Å². The molecule has 1 saturated carbocycles. The van der Waals surface area contributed by atoms with Gasteiger partial charge in [0.2, 0.25) is 11.8 Å². The molecule has 1 heterocycles. The molecule has 0 spiro atoms. The normalized spacial score (nSPS) is 26.1. The molecule has 4 heteroatoms. The topological polar surface area (TPSA) is 63.4 Å². The molecule has 108 valence electrons. The number of amides is 2. The van der Waals surface area contributed by atoms with Crippen LogP contribution < -0.4 is 5.73 Å². The van der Waals surface area contributed by atoms with Crippen molar-refractivity contribution in [3.8, 4) is 0 Å². The predicted octanol–water partition coefficient (Wildman–Crippen LogP) is 2.07. The molecule has 1 aliphatic heterocycles. The molecular weight excluding hydrogens is 240 g/mol. The van der Waals surface area contributed by atoms with Crippen LogP contribution in [0.3, 0.4) is 0 Å². The molecule has 0 aromatic carbocycles. The Balaban J connectivity index is 1.88. The van der Waals surface area contributed by atoms with Crippen molar-refractivity contribution < 1.29 is 9.59 Å². The molecule has 2 amide bonds. The average Bonchev–Trinajstić information content (AvgIpc) is 3.18. The third-order valence-corrected chi connectivity index (χ3v) is 4.64. The molecular formula is C15H26N2O2. The van der Waals surface area contributed by atoms with Crippen LogP contribution in [-0.2, 0) is 9.59 Å². The van der Waals surface area contributed by atoms with Crippen LogP contribution in [0.2, 0.25) is 0 Å². The van der Waals surface area contributed by atoms with E-state index in [9.17, 15) is 9.59 Å². The first-order valence-electron chi connectivity index (χ1n) is 7.70. The van der Waals surface area contributed by atoms with Crippen molar-refractivity contribution in [2.45, 2.75) is 64.3 Å². The van der Waals surface area contributed by atoms with Gasteiger partial charge in [-0.2, -0.15) is 0 Å².